The molecule has 1 aromatic carbocycles. The van der Waals surface area contributed by atoms with Gasteiger partial charge in [0.15, 0.2) is 0 Å². The normalized spacial score (nSPS) is 15.0. The van der Waals surface area contributed by atoms with Crippen molar-refractivity contribution in [3.63, 3.8) is 0 Å². The Balaban J connectivity index is 1.94. The van der Waals surface area contributed by atoms with E-state index in [0.29, 0.717) is 30.6 Å². The molecule has 0 bridgehead atoms. The number of carbonyl (C=O) groups excluding carboxylic acids is 2. The number of nitrogens with zero attached hydrogens (tertiary/aromatic N) is 2. The molecule has 24 heavy (non-hydrogen) atoms. The van der Waals surface area contributed by atoms with Crippen LogP contribution in [-0.4, -0.2) is 48.4 Å². The van der Waals surface area contributed by atoms with E-state index in [1.165, 1.54) is 0 Å². The minimum atomic E-state index is -0.0871. The van der Waals surface area contributed by atoms with Crippen molar-refractivity contribution in [3.8, 4) is 0 Å². The van der Waals surface area contributed by atoms with Crippen LogP contribution in [0, 0.1) is 0 Å². The van der Waals surface area contributed by atoms with Crippen molar-refractivity contribution in [1.29, 1.82) is 0 Å². The number of benzene rings is 1. The highest BCUT2D eigenvalue weighted by molar-refractivity contribution is 5.99. The van der Waals surface area contributed by atoms with Crippen LogP contribution in [0.3, 0.4) is 0 Å². The third kappa shape index (κ3) is 4.57. The van der Waals surface area contributed by atoms with Crippen molar-refractivity contribution in [3.05, 3.63) is 29.8 Å². The van der Waals surface area contributed by atoms with Crippen LogP contribution in [-0.2, 0) is 4.79 Å². The molecule has 0 radical (unpaired) electrons. The lowest BCUT2D eigenvalue weighted by atomic mass is 10.1. The Hall–Kier alpha value is -1.88. The Bertz CT molecular complexity index is 576. The van der Waals surface area contributed by atoms with Crippen LogP contribution in [0.15, 0.2) is 24.3 Å². The minimum Gasteiger partial charge on any atom is -0.351 e. The van der Waals surface area contributed by atoms with E-state index in [2.05, 4.69) is 37.9 Å². The zero-order valence-corrected chi connectivity index (χ0v) is 15.2. The predicted molar refractivity (Wildman–Crippen MR) is 97.3 cm³/mol. The predicted octanol–water partition coefficient (Wildman–Crippen LogP) is 2.66. The molecule has 1 heterocycles. The summed E-state index contributed by atoms with van der Waals surface area (Å²) < 4.78 is 0. The molecule has 2 rings (SSSR count). The molecule has 0 atom stereocenters. The van der Waals surface area contributed by atoms with Gasteiger partial charge >= 0.3 is 0 Å². The van der Waals surface area contributed by atoms with Crippen molar-refractivity contribution in [1.82, 2.24) is 10.2 Å². The van der Waals surface area contributed by atoms with E-state index in [0.717, 1.165) is 25.2 Å². The van der Waals surface area contributed by atoms with Crippen molar-refractivity contribution < 1.29 is 9.59 Å². The highest BCUT2D eigenvalue weighted by Gasteiger charge is 2.22. The topological polar surface area (TPSA) is 52.7 Å². The first-order valence-corrected chi connectivity index (χ1v) is 8.84. The summed E-state index contributed by atoms with van der Waals surface area (Å²) in [7, 11) is 0. The SMILES string of the molecule is CC(C)N(CCNC(=O)c1cccc(N2CCCC2=O)c1)C(C)C. The molecule has 0 aromatic heterocycles. The highest BCUT2D eigenvalue weighted by Crippen LogP contribution is 2.22. The van der Waals surface area contributed by atoms with Crippen molar-refractivity contribution in [2.45, 2.75) is 52.6 Å². The molecular formula is C19H29N3O2. The Kier molecular flexibility index (Phi) is 6.37. The summed E-state index contributed by atoms with van der Waals surface area (Å²) in [6.45, 7) is 10.8. The molecule has 0 unspecified atom stereocenters. The van der Waals surface area contributed by atoms with Gasteiger partial charge in [-0.1, -0.05) is 6.07 Å². The summed E-state index contributed by atoms with van der Waals surface area (Å²) in [6.07, 6.45) is 1.48. The lowest BCUT2D eigenvalue weighted by Gasteiger charge is -2.30. The number of rotatable bonds is 7. The van der Waals surface area contributed by atoms with E-state index in [1.807, 2.05) is 12.1 Å². The number of hydrogen-bond donors (Lipinski definition) is 1. The van der Waals surface area contributed by atoms with Crippen LogP contribution in [0.4, 0.5) is 5.69 Å². The quantitative estimate of drug-likeness (QED) is 0.836. The average Bonchev–Trinajstić information content (AvgIpc) is 2.96. The first-order valence-electron chi connectivity index (χ1n) is 8.84. The van der Waals surface area contributed by atoms with E-state index in [9.17, 15) is 9.59 Å². The third-order valence-electron chi connectivity index (χ3n) is 4.48. The van der Waals surface area contributed by atoms with E-state index >= 15 is 0 Å². The maximum absolute atomic E-state index is 12.4. The second-order valence-electron chi connectivity index (χ2n) is 6.88. The summed E-state index contributed by atoms with van der Waals surface area (Å²) in [4.78, 5) is 28.3. The minimum absolute atomic E-state index is 0.0871. The van der Waals surface area contributed by atoms with Crippen LogP contribution >= 0.6 is 0 Å². The first kappa shape index (κ1) is 18.5. The summed E-state index contributed by atoms with van der Waals surface area (Å²) in [5.74, 6) is 0.0491. The Morgan fingerprint density at radius 2 is 1.96 bits per heavy atom. The van der Waals surface area contributed by atoms with Gasteiger partial charge in [0.05, 0.1) is 0 Å². The molecule has 0 aliphatic carbocycles. The largest absolute Gasteiger partial charge is 0.351 e. The number of carbonyl (C=O) groups is 2. The highest BCUT2D eigenvalue weighted by atomic mass is 16.2. The van der Waals surface area contributed by atoms with Crippen LogP contribution < -0.4 is 10.2 Å². The average molecular weight is 331 g/mol. The van der Waals surface area contributed by atoms with Crippen molar-refractivity contribution in [2.75, 3.05) is 24.5 Å². The molecule has 1 saturated heterocycles. The van der Waals surface area contributed by atoms with Gasteiger partial charge < -0.3 is 10.2 Å². The van der Waals surface area contributed by atoms with E-state index in [1.54, 1.807) is 17.0 Å². The number of hydrogen-bond acceptors (Lipinski definition) is 3. The van der Waals surface area contributed by atoms with E-state index in [4.69, 9.17) is 0 Å². The van der Waals surface area contributed by atoms with Crippen LogP contribution in [0.25, 0.3) is 0 Å². The molecule has 0 spiro atoms. The van der Waals surface area contributed by atoms with Gasteiger partial charge in [-0.15, -0.1) is 0 Å². The monoisotopic (exact) mass is 331 g/mol. The molecule has 132 valence electrons. The summed E-state index contributed by atoms with van der Waals surface area (Å²) >= 11 is 0. The number of nitrogens with one attached hydrogen (secondary N) is 1. The van der Waals surface area contributed by atoms with E-state index < -0.39 is 0 Å². The van der Waals surface area contributed by atoms with Gasteiger partial charge in [0, 0.05) is 49.4 Å². The fourth-order valence-electron chi connectivity index (χ4n) is 3.25. The number of amides is 2. The van der Waals surface area contributed by atoms with Gasteiger partial charge in [-0.05, 0) is 52.3 Å². The van der Waals surface area contributed by atoms with Crippen molar-refractivity contribution in [2.24, 2.45) is 0 Å². The smallest absolute Gasteiger partial charge is 0.251 e. The lowest BCUT2D eigenvalue weighted by Crippen LogP contribution is -2.42. The third-order valence-corrected chi connectivity index (χ3v) is 4.48. The molecule has 5 nitrogen and oxygen atoms in total. The maximum Gasteiger partial charge on any atom is 0.251 e. The van der Waals surface area contributed by atoms with Gasteiger partial charge in [-0.25, -0.2) is 0 Å². The standard InChI is InChI=1S/C19H29N3O2/c1-14(2)21(15(3)4)12-10-20-19(24)16-7-5-8-17(13-16)22-11-6-9-18(22)23/h5,7-8,13-15H,6,9-12H2,1-4H3,(H,20,24). The summed E-state index contributed by atoms with van der Waals surface area (Å²) in [5.41, 5.74) is 1.42. The van der Waals surface area contributed by atoms with Gasteiger partial charge in [0.25, 0.3) is 5.91 Å². The molecule has 1 fully saturated rings. The molecule has 1 aromatic rings. The summed E-state index contributed by atoms with van der Waals surface area (Å²) in [6, 6.07) is 8.23. The fraction of sp³-hybridized carbons (Fsp3) is 0.579. The van der Waals surface area contributed by atoms with Gasteiger partial charge in [0.1, 0.15) is 0 Å². The zero-order valence-electron chi connectivity index (χ0n) is 15.2. The Morgan fingerprint density at radius 1 is 1.25 bits per heavy atom. The van der Waals surface area contributed by atoms with Crippen LogP contribution in [0.5, 0.6) is 0 Å². The van der Waals surface area contributed by atoms with Gasteiger partial charge in [-0.2, -0.15) is 0 Å². The van der Waals surface area contributed by atoms with Crippen molar-refractivity contribution >= 4 is 17.5 Å². The molecule has 5 heteroatoms. The van der Waals surface area contributed by atoms with Gasteiger partial charge in [-0.3, -0.25) is 14.5 Å². The molecule has 1 aliphatic heterocycles. The first-order chi connectivity index (χ1) is 11.4. The van der Waals surface area contributed by atoms with Crippen LogP contribution in [0.1, 0.15) is 50.9 Å². The fourth-order valence-corrected chi connectivity index (χ4v) is 3.25. The van der Waals surface area contributed by atoms with Gasteiger partial charge in [0.2, 0.25) is 5.91 Å². The molecular weight excluding hydrogens is 302 g/mol. The second-order valence-corrected chi connectivity index (χ2v) is 6.88. The zero-order chi connectivity index (χ0) is 17.7. The maximum atomic E-state index is 12.4. The number of anilines is 1. The Morgan fingerprint density at radius 3 is 2.54 bits per heavy atom. The molecule has 0 saturated carbocycles. The van der Waals surface area contributed by atoms with E-state index in [-0.39, 0.29) is 11.8 Å². The molecule has 1 aliphatic rings. The second kappa shape index (κ2) is 8.29. The van der Waals surface area contributed by atoms with Crippen LogP contribution in [0.2, 0.25) is 0 Å². The molecule has 2 amide bonds. The summed E-state index contributed by atoms with van der Waals surface area (Å²) in [5, 5.41) is 2.98. The molecule has 1 N–H and O–H groups in total. The lowest BCUT2D eigenvalue weighted by molar-refractivity contribution is -0.117. The Labute approximate surface area is 145 Å².